The second-order valence-corrected chi connectivity index (χ2v) is 5.61. The van der Waals surface area contributed by atoms with E-state index in [4.69, 9.17) is 9.47 Å². The van der Waals surface area contributed by atoms with Gasteiger partial charge in [-0.25, -0.2) is 4.79 Å². The van der Waals surface area contributed by atoms with Crippen LogP contribution in [-0.2, 0) is 20.9 Å². The van der Waals surface area contributed by atoms with Crippen LogP contribution < -0.4 is 5.32 Å². The van der Waals surface area contributed by atoms with Crippen molar-refractivity contribution in [1.29, 1.82) is 0 Å². The van der Waals surface area contributed by atoms with Gasteiger partial charge in [-0.2, -0.15) is 0 Å². The van der Waals surface area contributed by atoms with Gasteiger partial charge < -0.3 is 14.8 Å². The molecule has 1 N–H and O–H groups in total. The summed E-state index contributed by atoms with van der Waals surface area (Å²) in [6.45, 7) is 1.79. The number of amides is 1. The van der Waals surface area contributed by atoms with Crippen LogP contribution in [0.15, 0.2) is 48.5 Å². The lowest BCUT2D eigenvalue weighted by Gasteiger charge is -2.07. The lowest BCUT2D eigenvalue weighted by molar-refractivity contribution is -0.115. The zero-order valence-electron chi connectivity index (χ0n) is 14.8. The Morgan fingerprint density at radius 2 is 1.73 bits per heavy atom. The van der Waals surface area contributed by atoms with Crippen molar-refractivity contribution in [1.82, 2.24) is 0 Å². The van der Waals surface area contributed by atoms with E-state index in [-0.39, 0.29) is 18.3 Å². The summed E-state index contributed by atoms with van der Waals surface area (Å²) in [4.78, 5) is 35.6. The summed E-state index contributed by atoms with van der Waals surface area (Å²) in [6.07, 6.45) is 0.377. The fraction of sp³-hybridized carbons (Fsp3) is 0.250. The fourth-order valence-corrected chi connectivity index (χ4v) is 2.24. The highest BCUT2D eigenvalue weighted by Crippen LogP contribution is 2.12. The first-order chi connectivity index (χ1) is 12.5. The van der Waals surface area contributed by atoms with Crippen molar-refractivity contribution in [3.8, 4) is 0 Å². The normalized spacial score (nSPS) is 10.2. The van der Waals surface area contributed by atoms with E-state index in [2.05, 4.69) is 5.32 Å². The molecule has 2 aromatic carbocycles. The monoisotopic (exact) mass is 355 g/mol. The lowest BCUT2D eigenvalue weighted by atomic mass is 10.1. The van der Waals surface area contributed by atoms with Crippen molar-refractivity contribution in [3.63, 3.8) is 0 Å². The van der Waals surface area contributed by atoms with Gasteiger partial charge in [0, 0.05) is 24.8 Å². The average Bonchev–Trinajstić information content (AvgIpc) is 2.66. The lowest BCUT2D eigenvalue weighted by Crippen LogP contribution is -2.15. The van der Waals surface area contributed by atoms with E-state index in [1.807, 2.05) is 6.07 Å². The predicted molar refractivity (Wildman–Crippen MR) is 97.1 cm³/mol. The molecule has 0 atom stereocenters. The van der Waals surface area contributed by atoms with Crippen molar-refractivity contribution in [2.24, 2.45) is 0 Å². The second-order valence-electron chi connectivity index (χ2n) is 5.61. The van der Waals surface area contributed by atoms with E-state index >= 15 is 0 Å². The molecule has 6 nitrogen and oxygen atoms in total. The van der Waals surface area contributed by atoms with E-state index in [9.17, 15) is 14.4 Å². The zero-order chi connectivity index (χ0) is 18.9. The minimum absolute atomic E-state index is 0.103. The van der Waals surface area contributed by atoms with Gasteiger partial charge in [0.25, 0.3) is 0 Å². The van der Waals surface area contributed by atoms with Gasteiger partial charge in [0.1, 0.15) is 0 Å². The summed E-state index contributed by atoms with van der Waals surface area (Å²) >= 11 is 0. The van der Waals surface area contributed by atoms with Gasteiger partial charge in [-0.15, -0.1) is 0 Å². The summed E-state index contributed by atoms with van der Waals surface area (Å²) in [5.74, 6) is -0.989. The minimum atomic E-state index is -0.567. The Kier molecular flexibility index (Phi) is 7.05. The SMILES string of the molecule is CCC(=O)Nc1ccc(C(=O)COC(=O)c2cccc(COC)c2)cc1. The van der Waals surface area contributed by atoms with Crippen molar-refractivity contribution < 1.29 is 23.9 Å². The van der Waals surface area contributed by atoms with Crippen LogP contribution in [0.25, 0.3) is 0 Å². The molecule has 2 aromatic rings. The molecule has 6 heteroatoms. The first-order valence-electron chi connectivity index (χ1n) is 8.21. The van der Waals surface area contributed by atoms with Crippen LogP contribution >= 0.6 is 0 Å². The van der Waals surface area contributed by atoms with Gasteiger partial charge in [0.15, 0.2) is 12.4 Å². The number of ketones is 1. The molecule has 2 rings (SSSR count). The number of nitrogens with one attached hydrogen (secondary N) is 1. The summed E-state index contributed by atoms with van der Waals surface area (Å²) in [6, 6.07) is 13.3. The molecule has 0 saturated heterocycles. The Balaban J connectivity index is 1.92. The van der Waals surface area contributed by atoms with E-state index in [1.54, 1.807) is 56.5 Å². The topological polar surface area (TPSA) is 81.7 Å². The molecule has 136 valence electrons. The Morgan fingerprint density at radius 3 is 2.38 bits per heavy atom. The van der Waals surface area contributed by atoms with Crippen molar-refractivity contribution in [3.05, 3.63) is 65.2 Å². The number of benzene rings is 2. The molecule has 0 fully saturated rings. The van der Waals surface area contributed by atoms with Gasteiger partial charge in [0.2, 0.25) is 5.91 Å². The van der Waals surface area contributed by atoms with Gasteiger partial charge >= 0.3 is 5.97 Å². The number of hydrogen-bond acceptors (Lipinski definition) is 5. The van der Waals surface area contributed by atoms with Crippen LogP contribution in [0.4, 0.5) is 5.69 Å². The van der Waals surface area contributed by atoms with Crippen molar-refractivity contribution in [2.75, 3.05) is 19.0 Å². The first-order valence-corrected chi connectivity index (χ1v) is 8.21. The maximum Gasteiger partial charge on any atom is 0.338 e. The van der Waals surface area contributed by atoms with E-state index < -0.39 is 5.97 Å². The minimum Gasteiger partial charge on any atom is -0.454 e. The van der Waals surface area contributed by atoms with Crippen LogP contribution in [0.2, 0.25) is 0 Å². The highest BCUT2D eigenvalue weighted by Gasteiger charge is 2.12. The van der Waals surface area contributed by atoms with E-state index in [1.165, 1.54) is 0 Å². The van der Waals surface area contributed by atoms with Crippen molar-refractivity contribution in [2.45, 2.75) is 20.0 Å². The van der Waals surface area contributed by atoms with Crippen LogP contribution in [-0.4, -0.2) is 31.4 Å². The third kappa shape index (κ3) is 5.53. The van der Waals surface area contributed by atoms with Crippen molar-refractivity contribution >= 4 is 23.3 Å². The van der Waals surface area contributed by atoms with E-state index in [0.29, 0.717) is 29.8 Å². The molecule has 0 aromatic heterocycles. The largest absolute Gasteiger partial charge is 0.454 e. The number of anilines is 1. The summed E-state index contributed by atoms with van der Waals surface area (Å²) in [7, 11) is 1.57. The molecule has 0 aliphatic heterocycles. The van der Waals surface area contributed by atoms with Crippen LogP contribution in [0.5, 0.6) is 0 Å². The standard InChI is InChI=1S/C20H21NO5/c1-3-19(23)21-17-9-7-15(8-10-17)18(22)13-26-20(24)16-6-4-5-14(11-16)12-25-2/h4-11H,3,12-13H2,1-2H3,(H,21,23). The van der Waals surface area contributed by atoms with Gasteiger partial charge in [-0.05, 0) is 42.0 Å². The Labute approximate surface area is 152 Å². The number of methoxy groups -OCH3 is 1. The van der Waals surface area contributed by atoms with Gasteiger partial charge in [-0.1, -0.05) is 19.1 Å². The van der Waals surface area contributed by atoms with Gasteiger partial charge in [-0.3, -0.25) is 9.59 Å². The Hall–Kier alpha value is -2.99. The molecule has 26 heavy (non-hydrogen) atoms. The Morgan fingerprint density at radius 1 is 1.00 bits per heavy atom. The summed E-state index contributed by atoms with van der Waals surface area (Å²) in [5, 5.41) is 2.70. The molecule has 0 unspecified atom stereocenters. The summed E-state index contributed by atoms with van der Waals surface area (Å²) < 4.78 is 10.1. The molecule has 0 aliphatic carbocycles. The van der Waals surface area contributed by atoms with Crippen LogP contribution in [0.1, 0.15) is 39.6 Å². The molecular weight excluding hydrogens is 334 g/mol. The van der Waals surface area contributed by atoms with E-state index in [0.717, 1.165) is 5.56 Å². The molecule has 0 heterocycles. The number of carbonyl (C=O) groups is 3. The Bertz CT molecular complexity index is 783. The maximum atomic E-state index is 12.2. The number of Topliss-reactive ketones (excluding diaryl/α,β-unsaturated/α-hetero) is 1. The molecular formula is C20H21NO5. The number of ether oxygens (including phenoxy) is 2. The quantitative estimate of drug-likeness (QED) is 0.581. The highest BCUT2D eigenvalue weighted by molar-refractivity contribution is 6.00. The summed E-state index contributed by atoms with van der Waals surface area (Å²) in [5.41, 5.74) is 2.23. The number of rotatable bonds is 8. The maximum absolute atomic E-state index is 12.2. The molecule has 0 radical (unpaired) electrons. The third-order valence-corrected chi connectivity index (χ3v) is 3.62. The van der Waals surface area contributed by atoms with Gasteiger partial charge in [0.05, 0.1) is 12.2 Å². The molecule has 0 aliphatic rings. The molecule has 0 bridgehead atoms. The number of carbonyl (C=O) groups excluding carboxylic acids is 3. The average molecular weight is 355 g/mol. The predicted octanol–water partition coefficient (Wildman–Crippen LogP) is 3.22. The first kappa shape index (κ1) is 19.3. The van der Waals surface area contributed by atoms with Crippen LogP contribution in [0, 0.1) is 0 Å². The zero-order valence-corrected chi connectivity index (χ0v) is 14.8. The van der Waals surface area contributed by atoms with Crippen LogP contribution in [0.3, 0.4) is 0 Å². The molecule has 1 amide bonds. The fourth-order valence-electron chi connectivity index (χ4n) is 2.24. The molecule has 0 saturated carbocycles. The molecule has 0 spiro atoms. The second kappa shape index (κ2) is 9.48. The highest BCUT2D eigenvalue weighted by atomic mass is 16.5. The number of hydrogen-bond donors (Lipinski definition) is 1. The smallest absolute Gasteiger partial charge is 0.338 e. The third-order valence-electron chi connectivity index (χ3n) is 3.62. The number of esters is 1.